The Morgan fingerprint density at radius 2 is 1.55 bits per heavy atom. The molecule has 0 aliphatic heterocycles. The number of amides is 1. The second-order valence-corrected chi connectivity index (χ2v) is 5.31. The summed E-state index contributed by atoms with van der Waals surface area (Å²) in [6.07, 6.45) is 22.7. The number of hydrogen-bond acceptors (Lipinski definition) is 1. The Bertz CT molecular complexity index is 363. The number of nitrogens with one attached hydrogen (secondary N) is 1. The van der Waals surface area contributed by atoms with E-state index in [0.29, 0.717) is 18.9 Å². The van der Waals surface area contributed by atoms with E-state index in [0.717, 1.165) is 25.7 Å². The number of carbonyl (C=O) groups is 1. The predicted octanol–water partition coefficient (Wildman–Crippen LogP) is 5.34. The summed E-state index contributed by atoms with van der Waals surface area (Å²) >= 11 is 0. The Kier molecular flexibility index (Phi) is 14.7. The monoisotopic (exact) mass is 303 g/mol. The molecule has 0 aromatic carbocycles. The lowest BCUT2D eigenvalue weighted by Crippen LogP contribution is -2.27. The van der Waals surface area contributed by atoms with Crippen LogP contribution in [-0.2, 0) is 4.79 Å². The average Bonchev–Trinajstić information content (AvgIpc) is 2.53. The Morgan fingerprint density at radius 3 is 2.14 bits per heavy atom. The third kappa shape index (κ3) is 13.4. The summed E-state index contributed by atoms with van der Waals surface area (Å²) < 4.78 is 0. The first-order valence-corrected chi connectivity index (χ1v) is 8.64. The second kappa shape index (κ2) is 15.8. The van der Waals surface area contributed by atoms with Gasteiger partial charge in [0.1, 0.15) is 0 Å². The summed E-state index contributed by atoms with van der Waals surface area (Å²) in [6, 6.07) is 0. The van der Waals surface area contributed by atoms with E-state index in [2.05, 4.69) is 68.6 Å². The first-order chi connectivity index (χ1) is 10.7. The topological polar surface area (TPSA) is 29.1 Å². The van der Waals surface area contributed by atoms with E-state index >= 15 is 0 Å². The van der Waals surface area contributed by atoms with Crippen LogP contribution in [0.5, 0.6) is 0 Å². The first-order valence-electron chi connectivity index (χ1n) is 8.64. The van der Waals surface area contributed by atoms with Crippen molar-refractivity contribution in [1.82, 2.24) is 5.32 Å². The molecule has 0 radical (unpaired) electrons. The maximum Gasteiger partial charge on any atom is 0.223 e. The zero-order valence-corrected chi connectivity index (χ0v) is 14.6. The molecule has 0 saturated carbocycles. The molecule has 0 aromatic heterocycles. The minimum absolute atomic E-state index is 0.0913. The van der Waals surface area contributed by atoms with Gasteiger partial charge in [0.2, 0.25) is 5.91 Å². The van der Waals surface area contributed by atoms with Crippen molar-refractivity contribution in [2.24, 2.45) is 5.92 Å². The van der Waals surface area contributed by atoms with Gasteiger partial charge in [0, 0.05) is 18.9 Å². The van der Waals surface area contributed by atoms with Crippen LogP contribution in [0.25, 0.3) is 0 Å². The van der Waals surface area contributed by atoms with Gasteiger partial charge < -0.3 is 5.32 Å². The lowest BCUT2D eigenvalue weighted by atomic mass is 10.1. The molecule has 0 bridgehead atoms. The number of carbonyl (C=O) groups excluding carboxylic acids is 1. The van der Waals surface area contributed by atoms with Crippen molar-refractivity contribution in [1.29, 1.82) is 0 Å². The number of unbranched alkanes of at least 4 members (excludes halogenated alkanes) is 1. The lowest BCUT2D eigenvalue weighted by Gasteiger charge is -2.09. The fraction of sp³-hybridized carbons (Fsp3) is 0.550. The van der Waals surface area contributed by atoms with E-state index in [4.69, 9.17) is 0 Å². The average molecular weight is 303 g/mol. The van der Waals surface area contributed by atoms with E-state index in [1.807, 2.05) is 6.08 Å². The highest BCUT2D eigenvalue weighted by Gasteiger charge is 2.02. The normalized spacial score (nSPS) is 12.5. The lowest BCUT2D eigenvalue weighted by molar-refractivity contribution is -0.120. The molecule has 0 fully saturated rings. The Hall–Kier alpha value is -1.57. The Balaban J connectivity index is 4.00. The molecule has 2 heteroatoms. The molecule has 0 unspecified atom stereocenters. The zero-order chi connectivity index (χ0) is 16.5. The van der Waals surface area contributed by atoms with Crippen LogP contribution < -0.4 is 5.32 Å². The molecule has 124 valence electrons. The SMILES string of the molecule is CC/C=C\C(/C=C\CC)CNC(=O)CC=CC/C=C\CCC. The number of hydrogen-bond donors (Lipinski definition) is 1. The third-order valence-corrected chi connectivity index (χ3v) is 3.14. The Labute approximate surface area is 137 Å². The first kappa shape index (κ1) is 20.4. The minimum Gasteiger partial charge on any atom is -0.355 e. The van der Waals surface area contributed by atoms with Gasteiger partial charge in [-0.15, -0.1) is 0 Å². The molecular weight excluding hydrogens is 270 g/mol. The molecule has 1 N–H and O–H groups in total. The summed E-state index contributed by atoms with van der Waals surface area (Å²) in [7, 11) is 0. The molecular formula is C20H33NO. The van der Waals surface area contributed by atoms with Gasteiger partial charge in [-0.05, 0) is 25.7 Å². The van der Waals surface area contributed by atoms with E-state index in [1.54, 1.807) is 0 Å². The smallest absolute Gasteiger partial charge is 0.223 e. The number of rotatable bonds is 12. The molecule has 0 rings (SSSR count). The zero-order valence-electron chi connectivity index (χ0n) is 14.6. The molecule has 2 nitrogen and oxygen atoms in total. The van der Waals surface area contributed by atoms with Gasteiger partial charge in [0.25, 0.3) is 0 Å². The minimum atomic E-state index is 0.0913. The van der Waals surface area contributed by atoms with Crippen LogP contribution in [0.2, 0.25) is 0 Å². The van der Waals surface area contributed by atoms with Crippen LogP contribution in [0, 0.1) is 5.92 Å². The highest BCUT2D eigenvalue weighted by molar-refractivity contribution is 5.77. The summed E-state index contributed by atoms with van der Waals surface area (Å²) in [5.74, 6) is 0.387. The summed E-state index contributed by atoms with van der Waals surface area (Å²) in [4.78, 5) is 11.8. The quantitative estimate of drug-likeness (QED) is 0.484. The van der Waals surface area contributed by atoms with Gasteiger partial charge >= 0.3 is 0 Å². The van der Waals surface area contributed by atoms with Crippen LogP contribution >= 0.6 is 0 Å². The van der Waals surface area contributed by atoms with Gasteiger partial charge in [-0.25, -0.2) is 0 Å². The van der Waals surface area contributed by atoms with Gasteiger partial charge in [-0.2, -0.15) is 0 Å². The molecule has 1 amide bonds. The summed E-state index contributed by atoms with van der Waals surface area (Å²) in [6.45, 7) is 7.09. The van der Waals surface area contributed by atoms with E-state index < -0.39 is 0 Å². The molecule has 0 aromatic rings. The van der Waals surface area contributed by atoms with Crippen LogP contribution in [0.15, 0.2) is 48.6 Å². The summed E-state index contributed by atoms with van der Waals surface area (Å²) in [5.41, 5.74) is 0. The summed E-state index contributed by atoms with van der Waals surface area (Å²) in [5, 5.41) is 3.00. The number of allylic oxidation sites excluding steroid dienone is 5. The van der Waals surface area contributed by atoms with Crippen molar-refractivity contribution in [3.63, 3.8) is 0 Å². The maximum absolute atomic E-state index is 11.8. The van der Waals surface area contributed by atoms with Crippen molar-refractivity contribution < 1.29 is 4.79 Å². The van der Waals surface area contributed by atoms with Crippen molar-refractivity contribution >= 4 is 5.91 Å². The maximum atomic E-state index is 11.8. The predicted molar refractivity (Wildman–Crippen MR) is 97.8 cm³/mol. The molecule has 0 heterocycles. The van der Waals surface area contributed by atoms with Gasteiger partial charge in [0.15, 0.2) is 0 Å². The van der Waals surface area contributed by atoms with E-state index in [1.165, 1.54) is 6.42 Å². The molecule has 0 aliphatic rings. The van der Waals surface area contributed by atoms with Gasteiger partial charge in [-0.3, -0.25) is 4.79 Å². The van der Waals surface area contributed by atoms with Crippen molar-refractivity contribution in [3.8, 4) is 0 Å². The van der Waals surface area contributed by atoms with Crippen molar-refractivity contribution in [2.75, 3.05) is 6.54 Å². The second-order valence-electron chi connectivity index (χ2n) is 5.31. The molecule has 0 saturated heterocycles. The van der Waals surface area contributed by atoms with Crippen molar-refractivity contribution in [3.05, 3.63) is 48.6 Å². The highest BCUT2D eigenvalue weighted by atomic mass is 16.1. The van der Waals surface area contributed by atoms with Crippen LogP contribution in [0.4, 0.5) is 0 Å². The third-order valence-electron chi connectivity index (χ3n) is 3.14. The van der Waals surface area contributed by atoms with E-state index in [9.17, 15) is 4.79 Å². The van der Waals surface area contributed by atoms with Crippen LogP contribution in [-0.4, -0.2) is 12.5 Å². The molecule has 22 heavy (non-hydrogen) atoms. The molecule has 0 aliphatic carbocycles. The van der Waals surface area contributed by atoms with E-state index in [-0.39, 0.29) is 5.91 Å². The standard InChI is InChI=1S/C20H33NO/c1-4-7-10-11-12-13-14-17-20(22)21-18-19(15-8-5-2)16-9-6-3/h8-11,13-16,19H,4-7,12,17-18H2,1-3H3,(H,21,22)/b11-10-,14-13?,15-8-,16-9-. The van der Waals surface area contributed by atoms with Crippen LogP contribution in [0.1, 0.15) is 59.3 Å². The van der Waals surface area contributed by atoms with Gasteiger partial charge in [0.05, 0.1) is 0 Å². The van der Waals surface area contributed by atoms with Crippen LogP contribution in [0.3, 0.4) is 0 Å². The highest BCUT2D eigenvalue weighted by Crippen LogP contribution is 2.02. The Morgan fingerprint density at radius 1 is 0.909 bits per heavy atom. The van der Waals surface area contributed by atoms with Gasteiger partial charge in [-0.1, -0.05) is 75.8 Å². The molecule has 0 atom stereocenters. The fourth-order valence-corrected chi connectivity index (χ4v) is 1.87. The largest absolute Gasteiger partial charge is 0.355 e. The fourth-order valence-electron chi connectivity index (χ4n) is 1.87. The molecule has 0 spiro atoms. The van der Waals surface area contributed by atoms with Crippen molar-refractivity contribution in [2.45, 2.75) is 59.3 Å².